The first-order valence-corrected chi connectivity index (χ1v) is 7.03. The Morgan fingerprint density at radius 2 is 1.79 bits per heavy atom. The molecule has 1 aromatic rings. The predicted molar refractivity (Wildman–Crippen MR) is 78.8 cm³/mol. The molecule has 2 N–H and O–H groups in total. The molecule has 0 unspecified atom stereocenters. The van der Waals surface area contributed by atoms with Crippen LogP contribution in [0.4, 0.5) is 0 Å². The lowest BCUT2D eigenvalue weighted by atomic mass is 10.2. The van der Waals surface area contributed by atoms with E-state index in [1.165, 1.54) is 0 Å². The summed E-state index contributed by atoms with van der Waals surface area (Å²) in [5, 5.41) is 0. The molecule has 0 aliphatic carbocycles. The van der Waals surface area contributed by atoms with Crippen LogP contribution in [0.15, 0.2) is 18.2 Å². The summed E-state index contributed by atoms with van der Waals surface area (Å²) in [6.45, 7) is 11.6. The summed E-state index contributed by atoms with van der Waals surface area (Å²) >= 11 is 0. The van der Waals surface area contributed by atoms with Gasteiger partial charge in [-0.15, -0.1) is 0 Å². The van der Waals surface area contributed by atoms with Crippen molar-refractivity contribution in [2.45, 2.75) is 52.9 Å². The molecule has 0 aliphatic rings. The van der Waals surface area contributed by atoms with Crippen LogP contribution in [0.2, 0.25) is 0 Å². The van der Waals surface area contributed by atoms with E-state index in [-0.39, 0.29) is 0 Å². The molecular formula is C15H27N3O. The molecule has 0 radical (unpaired) electrons. The molecule has 1 rings (SSSR count). The van der Waals surface area contributed by atoms with E-state index in [1.807, 2.05) is 18.2 Å². The molecule has 0 aliphatic heterocycles. The van der Waals surface area contributed by atoms with Gasteiger partial charge >= 0.3 is 0 Å². The summed E-state index contributed by atoms with van der Waals surface area (Å²) < 4.78 is 5.71. The normalized spacial score (nSPS) is 11.8. The number of aromatic nitrogens is 1. The van der Waals surface area contributed by atoms with Gasteiger partial charge in [-0.3, -0.25) is 9.88 Å². The second-order valence-electron chi connectivity index (χ2n) is 5.30. The number of pyridine rings is 1. The molecule has 4 nitrogen and oxygen atoms in total. The van der Waals surface area contributed by atoms with E-state index >= 15 is 0 Å². The molecule has 4 heteroatoms. The van der Waals surface area contributed by atoms with E-state index in [1.54, 1.807) is 0 Å². The van der Waals surface area contributed by atoms with Crippen molar-refractivity contribution in [1.29, 1.82) is 0 Å². The Hall–Kier alpha value is -0.970. The highest BCUT2D eigenvalue weighted by molar-refractivity contribution is 5.10. The maximum Gasteiger partial charge on any atom is 0.0888 e. The number of ether oxygens (including phenoxy) is 1. The van der Waals surface area contributed by atoms with Crippen molar-refractivity contribution < 1.29 is 4.74 Å². The summed E-state index contributed by atoms with van der Waals surface area (Å²) in [6.07, 6.45) is 0. The van der Waals surface area contributed by atoms with Crippen LogP contribution in [0, 0.1) is 0 Å². The molecule has 1 heterocycles. The zero-order valence-electron chi connectivity index (χ0n) is 12.6. The maximum atomic E-state index is 5.71. The molecule has 0 fully saturated rings. The quantitative estimate of drug-likeness (QED) is 0.732. The van der Waals surface area contributed by atoms with Crippen molar-refractivity contribution in [3.63, 3.8) is 0 Å². The van der Waals surface area contributed by atoms with Crippen molar-refractivity contribution in [3.8, 4) is 0 Å². The van der Waals surface area contributed by atoms with E-state index in [0.717, 1.165) is 24.5 Å². The highest BCUT2D eigenvalue weighted by Crippen LogP contribution is 2.05. The first-order valence-electron chi connectivity index (χ1n) is 7.03. The smallest absolute Gasteiger partial charge is 0.0888 e. The average Bonchev–Trinajstić information content (AvgIpc) is 2.37. The molecule has 19 heavy (non-hydrogen) atoms. The van der Waals surface area contributed by atoms with Gasteiger partial charge in [-0.2, -0.15) is 0 Å². The second kappa shape index (κ2) is 8.25. The van der Waals surface area contributed by atoms with E-state index < -0.39 is 0 Å². The van der Waals surface area contributed by atoms with Gasteiger partial charge < -0.3 is 10.5 Å². The van der Waals surface area contributed by atoms with E-state index in [9.17, 15) is 0 Å². The SMILES string of the molecule is CC(C)N(CCOCc1cccc(CN)n1)C(C)C. The Kier molecular flexibility index (Phi) is 6.99. The summed E-state index contributed by atoms with van der Waals surface area (Å²) in [5.74, 6) is 0. The zero-order valence-corrected chi connectivity index (χ0v) is 12.6. The van der Waals surface area contributed by atoms with Crippen molar-refractivity contribution in [2.75, 3.05) is 13.2 Å². The number of nitrogens with zero attached hydrogens (tertiary/aromatic N) is 2. The van der Waals surface area contributed by atoms with Crippen LogP contribution < -0.4 is 5.73 Å². The lowest BCUT2D eigenvalue weighted by molar-refractivity contribution is 0.0685. The lowest BCUT2D eigenvalue weighted by Gasteiger charge is -2.30. The van der Waals surface area contributed by atoms with Gasteiger partial charge in [0, 0.05) is 25.2 Å². The molecule has 0 bridgehead atoms. The van der Waals surface area contributed by atoms with Gasteiger partial charge in [0.25, 0.3) is 0 Å². The van der Waals surface area contributed by atoms with Crippen LogP contribution in [0.1, 0.15) is 39.1 Å². The number of hydrogen-bond acceptors (Lipinski definition) is 4. The first-order chi connectivity index (χ1) is 9.04. The molecule has 0 amide bonds. The zero-order chi connectivity index (χ0) is 14.3. The van der Waals surface area contributed by atoms with Crippen LogP contribution in [0.3, 0.4) is 0 Å². The Morgan fingerprint density at radius 1 is 1.16 bits per heavy atom. The molecule has 1 aromatic heterocycles. The average molecular weight is 265 g/mol. The predicted octanol–water partition coefficient (Wildman–Crippen LogP) is 2.18. The molecule has 0 spiro atoms. The lowest BCUT2D eigenvalue weighted by Crippen LogP contribution is -2.39. The van der Waals surface area contributed by atoms with Crippen LogP contribution in [0.5, 0.6) is 0 Å². The fourth-order valence-corrected chi connectivity index (χ4v) is 2.18. The third-order valence-corrected chi connectivity index (χ3v) is 3.14. The molecule has 0 saturated heterocycles. The van der Waals surface area contributed by atoms with Gasteiger partial charge in [-0.1, -0.05) is 6.07 Å². The van der Waals surface area contributed by atoms with Gasteiger partial charge in [-0.25, -0.2) is 0 Å². The fraction of sp³-hybridized carbons (Fsp3) is 0.667. The molecular weight excluding hydrogens is 238 g/mol. The van der Waals surface area contributed by atoms with Gasteiger partial charge in [-0.05, 0) is 39.8 Å². The topological polar surface area (TPSA) is 51.4 Å². The van der Waals surface area contributed by atoms with Crippen molar-refractivity contribution in [2.24, 2.45) is 5.73 Å². The minimum Gasteiger partial charge on any atom is -0.374 e. The van der Waals surface area contributed by atoms with Crippen LogP contribution >= 0.6 is 0 Å². The highest BCUT2D eigenvalue weighted by atomic mass is 16.5. The second-order valence-corrected chi connectivity index (χ2v) is 5.30. The highest BCUT2D eigenvalue weighted by Gasteiger charge is 2.12. The van der Waals surface area contributed by atoms with Crippen molar-refractivity contribution >= 4 is 0 Å². The largest absolute Gasteiger partial charge is 0.374 e. The monoisotopic (exact) mass is 265 g/mol. The fourth-order valence-electron chi connectivity index (χ4n) is 2.18. The third kappa shape index (κ3) is 5.68. The van der Waals surface area contributed by atoms with Crippen LogP contribution in [0.25, 0.3) is 0 Å². The van der Waals surface area contributed by atoms with E-state index in [2.05, 4.69) is 37.6 Å². The van der Waals surface area contributed by atoms with Crippen LogP contribution in [-0.2, 0) is 17.9 Å². The molecule has 0 aromatic carbocycles. The standard InChI is InChI=1S/C15H27N3O/c1-12(2)18(13(3)4)8-9-19-11-15-7-5-6-14(10-16)17-15/h5-7,12-13H,8-11,16H2,1-4H3. The van der Waals surface area contributed by atoms with Crippen molar-refractivity contribution in [3.05, 3.63) is 29.6 Å². The number of hydrogen-bond donors (Lipinski definition) is 1. The Morgan fingerprint density at radius 3 is 2.37 bits per heavy atom. The summed E-state index contributed by atoms with van der Waals surface area (Å²) in [5.41, 5.74) is 7.43. The van der Waals surface area contributed by atoms with Crippen LogP contribution in [-0.4, -0.2) is 35.1 Å². The number of rotatable bonds is 8. The molecule has 0 saturated carbocycles. The summed E-state index contributed by atoms with van der Waals surface area (Å²) in [4.78, 5) is 6.83. The Bertz CT molecular complexity index is 358. The van der Waals surface area contributed by atoms with Gasteiger partial charge in [0.2, 0.25) is 0 Å². The third-order valence-electron chi connectivity index (χ3n) is 3.14. The minimum atomic E-state index is 0.475. The molecule has 108 valence electrons. The summed E-state index contributed by atoms with van der Waals surface area (Å²) in [7, 11) is 0. The minimum absolute atomic E-state index is 0.475. The Balaban J connectivity index is 2.33. The summed E-state index contributed by atoms with van der Waals surface area (Å²) in [6, 6.07) is 6.97. The van der Waals surface area contributed by atoms with E-state index in [4.69, 9.17) is 10.5 Å². The van der Waals surface area contributed by atoms with Gasteiger partial charge in [0.1, 0.15) is 0 Å². The number of nitrogens with two attached hydrogens (primary N) is 1. The maximum absolute atomic E-state index is 5.71. The van der Waals surface area contributed by atoms with E-state index in [0.29, 0.717) is 25.2 Å². The van der Waals surface area contributed by atoms with Gasteiger partial charge in [0.05, 0.1) is 24.6 Å². The van der Waals surface area contributed by atoms with Gasteiger partial charge in [0.15, 0.2) is 0 Å². The Labute approximate surface area is 117 Å². The first kappa shape index (κ1) is 16.1. The van der Waals surface area contributed by atoms with Crippen molar-refractivity contribution in [1.82, 2.24) is 9.88 Å². The molecule has 0 atom stereocenters.